The second kappa shape index (κ2) is 7.35. The van der Waals surface area contributed by atoms with Crippen molar-refractivity contribution < 1.29 is 9.53 Å². The van der Waals surface area contributed by atoms with Gasteiger partial charge in [0.05, 0.1) is 6.10 Å². The number of carbonyl (C=O) groups is 1. The number of ether oxygens (including phenoxy) is 1. The maximum atomic E-state index is 12.2. The molecule has 1 saturated carbocycles. The fraction of sp³-hybridized carbons (Fsp3) is 0.632. The van der Waals surface area contributed by atoms with Crippen LogP contribution in [0.2, 0.25) is 0 Å². The quantitative estimate of drug-likeness (QED) is 0.870. The standard InChI is InChI=1S/C19H28N2O2/c1-14(2)23-18-7-3-16(4-8-18)20-19(22)13-15-9-11-21(12-10-15)17-5-6-17/h3-4,7-8,14-15,17H,5-6,9-13H2,1-2H3,(H,20,22). The van der Waals surface area contributed by atoms with Crippen LogP contribution in [0.1, 0.15) is 46.0 Å². The van der Waals surface area contributed by atoms with Crippen LogP contribution >= 0.6 is 0 Å². The molecule has 23 heavy (non-hydrogen) atoms. The molecule has 0 unspecified atom stereocenters. The Balaban J connectivity index is 1.42. The molecule has 0 atom stereocenters. The van der Waals surface area contributed by atoms with Crippen LogP contribution in [0.4, 0.5) is 5.69 Å². The smallest absolute Gasteiger partial charge is 0.224 e. The maximum absolute atomic E-state index is 12.2. The van der Waals surface area contributed by atoms with Crippen LogP contribution in [0, 0.1) is 5.92 Å². The summed E-state index contributed by atoms with van der Waals surface area (Å²) >= 11 is 0. The molecule has 0 bridgehead atoms. The molecule has 3 rings (SSSR count). The number of carbonyl (C=O) groups excluding carboxylic acids is 1. The lowest BCUT2D eigenvalue weighted by Gasteiger charge is -2.31. The molecule has 4 nitrogen and oxygen atoms in total. The number of nitrogens with one attached hydrogen (secondary N) is 1. The highest BCUT2D eigenvalue weighted by molar-refractivity contribution is 5.90. The highest BCUT2D eigenvalue weighted by Crippen LogP contribution is 2.31. The SMILES string of the molecule is CC(C)Oc1ccc(NC(=O)CC2CCN(C3CC3)CC2)cc1. The first-order chi connectivity index (χ1) is 11.1. The Bertz CT molecular complexity index is 515. The molecule has 1 aliphatic carbocycles. The molecular weight excluding hydrogens is 288 g/mol. The van der Waals surface area contributed by atoms with Gasteiger partial charge in [-0.2, -0.15) is 0 Å². The maximum Gasteiger partial charge on any atom is 0.224 e. The van der Waals surface area contributed by atoms with E-state index in [4.69, 9.17) is 4.74 Å². The molecule has 0 spiro atoms. The van der Waals surface area contributed by atoms with E-state index in [0.29, 0.717) is 12.3 Å². The van der Waals surface area contributed by atoms with Gasteiger partial charge < -0.3 is 15.0 Å². The highest BCUT2D eigenvalue weighted by Gasteiger charge is 2.32. The number of piperidine rings is 1. The molecule has 2 fully saturated rings. The third-order valence-corrected chi connectivity index (χ3v) is 4.70. The number of rotatable bonds is 6. The summed E-state index contributed by atoms with van der Waals surface area (Å²) in [6, 6.07) is 8.49. The number of hydrogen-bond donors (Lipinski definition) is 1. The fourth-order valence-electron chi connectivity index (χ4n) is 3.33. The van der Waals surface area contributed by atoms with Crippen LogP contribution in [0.5, 0.6) is 5.75 Å². The molecular formula is C19H28N2O2. The topological polar surface area (TPSA) is 41.6 Å². The summed E-state index contributed by atoms with van der Waals surface area (Å²) in [6.45, 7) is 6.35. The second-order valence-electron chi connectivity index (χ2n) is 7.15. The predicted octanol–water partition coefficient (Wildman–Crippen LogP) is 3.68. The van der Waals surface area contributed by atoms with E-state index >= 15 is 0 Å². The summed E-state index contributed by atoms with van der Waals surface area (Å²) in [7, 11) is 0. The van der Waals surface area contributed by atoms with Gasteiger partial charge in [0.1, 0.15) is 5.75 Å². The molecule has 0 radical (unpaired) electrons. The van der Waals surface area contributed by atoms with Gasteiger partial charge in [-0.1, -0.05) is 0 Å². The van der Waals surface area contributed by atoms with E-state index in [0.717, 1.165) is 30.3 Å². The Labute approximate surface area is 139 Å². The van der Waals surface area contributed by atoms with Crippen molar-refractivity contribution in [2.24, 2.45) is 5.92 Å². The molecule has 1 aliphatic heterocycles. The van der Waals surface area contributed by atoms with E-state index in [9.17, 15) is 4.79 Å². The van der Waals surface area contributed by atoms with Crippen molar-refractivity contribution in [3.05, 3.63) is 24.3 Å². The zero-order valence-corrected chi connectivity index (χ0v) is 14.3. The Kier molecular flexibility index (Phi) is 5.21. The van der Waals surface area contributed by atoms with E-state index in [1.54, 1.807) is 0 Å². The van der Waals surface area contributed by atoms with Crippen LogP contribution in [0.3, 0.4) is 0 Å². The highest BCUT2D eigenvalue weighted by atomic mass is 16.5. The molecule has 1 amide bonds. The predicted molar refractivity (Wildman–Crippen MR) is 92.8 cm³/mol. The van der Waals surface area contributed by atoms with E-state index < -0.39 is 0 Å². The zero-order chi connectivity index (χ0) is 16.2. The third kappa shape index (κ3) is 4.96. The molecule has 126 valence electrons. The van der Waals surface area contributed by atoms with E-state index in [2.05, 4.69) is 10.2 Å². The van der Waals surface area contributed by atoms with Crippen molar-refractivity contribution in [2.75, 3.05) is 18.4 Å². The van der Waals surface area contributed by atoms with Crippen LogP contribution in [-0.2, 0) is 4.79 Å². The third-order valence-electron chi connectivity index (χ3n) is 4.70. The number of benzene rings is 1. The van der Waals surface area contributed by atoms with Crippen molar-refractivity contribution in [1.82, 2.24) is 4.90 Å². The summed E-state index contributed by atoms with van der Waals surface area (Å²) in [5.74, 6) is 1.51. The van der Waals surface area contributed by atoms with Crippen molar-refractivity contribution in [1.29, 1.82) is 0 Å². The fourth-order valence-corrected chi connectivity index (χ4v) is 3.33. The molecule has 2 aliphatic rings. The van der Waals surface area contributed by atoms with Gasteiger partial charge in [0.2, 0.25) is 5.91 Å². The molecule has 4 heteroatoms. The van der Waals surface area contributed by atoms with Gasteiger partial charge in [-0.05, 0) is 82.8 Å². The van der Waals surface area contributed by atoms with Gasteiger partial charge in [0, 0.05) is 18.2 Å². The molecule has 1 heterocycles. The minimum atomic E-state index is 0.132. The van der Waals surface area contributed by atoms with Gasteiger partial charge in [0.15, 0.2) is 0 Å². The molecule has 1 saturated heterocycles. The minimum Gasteiger partial charge on any atom is -0.491 e. The average Bonchev–Trinajstić information content (AvgIpc) is 3.34. The van der Waals surface area contributed by atoms with Gasteiger partial charge in [-0.15, -0.1) is 0 Å². The van der Waals surface area contributed by atoms with E-state index in [-0.39, 0.29) is 12.0 Å². The van der Waals surface area contributed by atoms with Crippen LogP contribution in [0.15, 0.2) is 24.3 Å². The number of amides is 1. The minimum absolute atomic E-state index is 0.132. The summed E-state index contributed by atoms with van der Waals surface area (Å²) in [5, 5.41) is 3.01. The lowest BCUT2D eigenvalue weighted by atomic mass is 9.93. The summed E-state index contributed by atoms with van der Waals surface area (Å²) in [4.78, 5) is 14.8. The van der Waals surface area contributed by atoms with Crippen molar-refractivity contribution in [3.63, 3.8) is 0 Å². The van der Waals surface area contributed by atoms with Crippen LogP contribution < -0.4 is 10.1 Å². The Morgan fingerprint density at radius 1 is 1.17 bits per heavy atom. The Morgan fingerprint density at radius 2 is 1.83 bits per heavy atom. The van der Waals surface area contributed by atoms with Crippen molar-refractivity contribution in [3.8, 4) is 5.75 Å². The van der Waals surface area contributed by atoms with Gasteiger partial charge in [-0.25, -0.2) is 0 Å². The second-order valence-corrected chi connectivity index (χ2v) is 7.15. The number of likely N-dealkylation sites (tertiary alicyclic amines) is 1. The largest absolute Gasteiger partial charge is 0.491 e. The molecule has 0 aromatic heterocycles. The molecule has 1 N–H and O–H groups in total. The van der Waals surface area contributed by atoms with Gasteiger partial charge in [-0.3, -0.25) is 4.79 Å². The van der Waals surface area contributed by atoms with Crippen LogP contribution in [-0.4, -0.2) is 36.0 Å². The van der Waals surface area contributed by atoms with Gasteiger partial charge in [0.25, 0.3) is 0 Å². The monoisotopic (exact) mass is 316 g/mol. The summed E-state index contributed by atoms with van der Waals surface area (Å²) in [6.07, 6.45) is 5.87. The first kappa shape index (κ1) is 16.3. The Hall–Kier alpha value is -1.55. The first-order valence-electron chi connectivity index (χ1n) is 8.91. The van der Waals surface area contributed by atoms with E-state index in [1.165, 1.54) is 25.9 Å². The van der Waals surface area contributed by atoms with Crippen LogP contribution in [0.25, 0.3) is 0 Å². The van der Waals surface area contributed by atoms with E-state index in [1.807, 2.05) is 38.1 Å². The van der Waals surface area contributed by atoms with Gasteiger partial charge >= 0.3 is 0 Å². The summed E-state index contributed by atoms with van der Waals surface area (Å²) < 4.78 is 5.61. The number of anilines is 1. The normalized spacial score (nSPS) is 19.8. The Morgan fingerprint density at radius 3 is 2.39 bits per heavy atom. The number of hydrogen-bond acceptors (Lipinski definition) is 3. The van der Waals surface area contributed by atoms with Crippen molar-refractivity contribution >= 4 is 11.6 Å². The molecule has 1 aromatic carbocycles. The zero-order valence-electron chi connectivity index (χ0n) is 14.3. The number of nitrogens with zero attached hydrogens (tertiary/aromatic N) is 1. The average molecular weight is 316 g/mol. The summed E-state index contributed by atoms with van der Waals surface area (Å²) in [5.41, 5.74) is 0.849. The molecule has 1 aromatic rings. The van der Waals surface area contributed by atoms with Crippen molar-refractivity contribution in [2.45, 2.75) is 58.1 Å². The first-order valence-corrected chi connectivity index (χ1v) is 8.91. The lowest BCUT2D eigenvalue weighted by molar-refractivity contribution is -0.117. The lowest BCUT2D eigenvalue weighted by Crippen LogP contribution is -2.36.